The summed E-state index contributed by atoms with van der Waals surface area (Å²) in [6, 6.07) is 5.33. The first kappa shape index (κ1) is 13.1. The molecule has 0 aromatic heterocycles. The summed E-state index contributed by atoms with van der Waals surface area (Å²) in [5.74, 6) is 0.932. The van der Waals surface area contributed by atoms with Crippen LogP contribution in [0.5, 0.6) is 11.5 Å². The Morgan fingerprint density at radius 3 is 2.71 bits per heavy atom. The molecule has 0 saturated carbocycles. The number of carbonyl (C=O) groups is 1. The molecule has 0 saturated heterocycles. The van der Waals surface area contributed by atoms with Crippen LogP contribution in [0.2, 0.25) is 0 Å². The van der Waals surface area contributed by atoms with E-state index in [0.29, 0.717) is 18.1 Å². The van der Waals surface area contributed by atoms with Gasteiger partial charge in [-0.1, -0.05) is 18.7 Å². The van der Waals surface area contributed by atoms with E-state index < -0.39 is 0 Å². The predicted molar refractivity (Wildman–Crippen MR) is 64.4 cm³/mol. The monoisotopic (exact) mass is 236 g/mol. The average molecular weight is 236 g/mol. The molecule has 0 N–H and O–H groups in total. The number of hydrogen-bond acceptors (Lipinski definition) is 4. The predicted octanol–water partition coefficient (Wildman–Crippen LogP) is 1.98. The third-order valence-corrected chi connectivity index (χ3v) is 2.16. The van der Waals surface area contributed by atoms with Crippen molar-refractivity contribution in [3.63, 3.8) is 0 Å². The second-order valence-electron chi connectivity index (χ2n) is 3.34. The molecule has 0 aliphatic rings. The van der Waals surface area contributed by atoms with Gasteiger partial charge in [0.25, 0.3) is 0 Å². The SMILES string of the molecule is C=CCOc1ccc(CC(=O)OC)cc1OC. The van der Waals surface area contributed by atoms with E-state index >= 15 is 0 Å². The van der Waals surface area contributed by atoms with E-state index in [-0.39, 0.29) is 12.4 Å². The van der Waals surface area contributed by atoms with Gasteiger partial charge in [0.05, 0.1) is 20.6 Å². The molecular weight excluding hydrogens is 220 g/mol. The van der Waals surface area contributed by atoms with Crippen LogP contribution in [0.25, 0.3) is 0 Å². The zero-order valence-electron chi connectivity index (χ0n) is 10.1. The van der Waals surface area contributed by atoms with Gasteiger partial charge >= 0.3 is 5.97 Å². The van der Waals surface area contributed by atoms with Crippen LogP contribution in [-0.4, -0.2) is 26.8 Å². The number of methoxy groups -OCH3 is 2. The number of ether oxygens (including phenoxy) is 3. The van der Waals surface area contributed by atoms with Crippen LogP contribution in [-0.2, 0) is 16.0 Å². The van der Waals surface area contributed by atoms with Crippen LogP contribution in [0, 0.1) is 0 Å². The van der Waals surface area contributed by atoms with Crippen molar-refractivity contribution in [3.8, 4) is 11.5 Å². The lowest BCUT2D eigenvalue weighted by atomic mass is 10.1. The quantitative estimate of drug-likeness (QED) is 0.559. The normalized spacial score (nSPS) is 9.53. The van der Waals surface area contributed by atoms with Gasteiger partial charge in [-0.2, -0.15) is 0 Å². The van der Waals surface area contributed by atoms with Gasteiger partial charge in [-0.3, -0.25) is 4.79 Å². The topological polar surface area (TPSA) is 44.8 Å². The molecule has 17 heavy (non-hydrogen) atoms. The Morgan fingerprint density at radius 2 is 2.12 bits per heavy atom. The van der Waals surface area contributed by atoms with Gasteiger partial charge in [0.1, 0.15) is 6.61 Å². The van der Waals surface area contributed by atoms with Gasteiger partial charge in [-0.25, -0.2) is 0 Å². The van der Waals surface area contributed by atoms with Crippen molar-refractivity contribution in [2.75, 3.05) is 20.8 Å². The summed E-state index contributed by atoms with van der Waals surface area (Å²) >= 11 is 0. The van der Waals surface area contributed by atoms with Gasteiger partial charge in [0.2, 0.25) is 0 Å². The van der Waals surface area contributed by atoms with E-state index in [9.17, 15) is 4.79 Å². The molecule has 0 heterocycles. The minimum absolute atomic E-state index is 0.217. The van der Waals surface area contributed by atoms with E-state index in [0.717, 1.165) is 5.56 Å². The van der Waals surface area contributed by atoms with Crippen molar-refractivity contribution in [3.05, 3.63) is 36.4 Å². The summed E-state index contributed by atoms with van der Waals surface area (Å²) in [5.41, 5.74) is 0.819. The number of esters is 1. The Kier molecular flexibility index (Phi) is 5.07. The van der Waals surface area contributed by atoms with Crippen LogP contribution in [0.1, 0.15) is 5.56 Å². The highest BCUT2D eigenvalue weighted by Gasteiger charge is 2.08. The number of hydrogen-bond donors (Lipinski definition) is 0. The zero-order chi connectivity index (χ0) is 12.7. The second kappa shape index (κ2) is 6.58. The van der Waals surface area contributed by atoms with Crippen molar-refractivity contribution in [2.45, 2.75) is 6.42 Å². The molecule has 1 rings (SSSR count). The van der Waals surface area contributed by atoms with Crippen molar-refractivity contribution >= 4 is 5.97 Å². The molecule has 0 amide bonds. The molecule has 0 aliphatic heterocycles. The van der Waals surface area contributed by atoms with Crippen molar-refractivity contribution in [1.82, 2.24) is 0 Å². The minimum Gasteiger partial charge on any atom is -0.493 e. The number of carbonyl (C=O) groups excluding carboxylic acids is 1. The molecule has 0 unspecified atom stereocenters. The summed E-state index contributed by atoms with van der Waals surface area (Å²) in [4.78, 5) is 11.1. The Labute approximate surface area is 101 Å². The largest absolute Gasteiger partial charge is 0.493 e. The van der Waals surface area contributed by atoms with Gasteiger partial charge in [0, 0.05) is 0 Å². The maximum atomic E-state index is 11.1. The summed E-state index contributed by atoms with van der Waals surface area (Å²) < 4.78 is 15.2. The fourth-order valence-electron chi connectivity index (χ4n) is 1.33. The lowest BCUT2D eigenvalue weighted by molar-refractivity contribution is -0.139. The van der Waals surface area contributed by atoms with E-state index in [1.165, 1.54) is 7.11 Å². The molecular formula is C13H16O4. The molecule has 0 spiro atoms. The summed E-state index contributed by atoms with van der Waals surface area (Å²) in [7, 11) is 2.92. The average Bonchev–Trinajstić information content (AvgIpc) is 2.36. The van der Waals surface area contributed by atoms with Crippen LogP contribution < -0.4 is 9.47 Å². The molecule has 1 aromatic carbocycles. The first-order chi connectivity index (χ1) is 8.21. The Morgan fingerprint density at radius 1 is 1.35 bits per heavy atom. The first-order valence-corrected chi connectivity index (χ1v) is 5.18. The molecule has 4 nitrogen and oxygen atoms in total. The van der Waals surface area contributed by atoms with Crippen LogP contribution >= 0.6 is 0 Å². The smallest absolute Gasteiger partial charge is 0.309 e. The number of benzene rings is 1. The Bertz CT molecular complexity index is 398. The summed E-state index contributed by atoms with van der Waals surface area (Å²) in [5, 5.41) is 0. The highest BCUT2D eigenvalue weighted by molar-refractivity contribution is 5.72. The van der Waals surface area contributed by atoms with Crippen LogP contribution in [0.3, 0.4) is 0 Å². The zero-order valence-corrected chi connectivity index (χ0v) is 10.1. The third kappa shape index (κ3) is 3.83. The fraction of sp³-hybridized carbons (Fsp3) is 0.308. The van der Waals surface area contributed by atoms with Crippen molar-refractivity contribution in [1.29, 1.82) is 0 Å². The Balaban J connectivity index is 2.83. The molecule has 0 radical (unpaired) electrons. The summed E-state index contributed by atoms with van der Waals surface area (Å²) in [6.45, 7) is 3.98. The van der Waals surface area contributed by atoms with Gasteiger partial charge in [-0.05, 0) is 17.7 Å². The van der Waals surface area contributed by atoms with E-state index in [2.05, 4.69) is 11.3 Å². The van der Waals surface area contributed by atoms with Crippen LogP contribution in [0.4, 0.5) is 0 Å². The highest BCUT2D eigenvalue weighted by atomic mass is 16.5. The molecule has 92 valence electrons. The van der Waals surface area contributed by atoms with Gasteiger partial charge < -0.3 is 14.2 Å². The summed E-state index contributed by atoms with van der Waals surface area (Å²) in [6.07, 6.45) is 1.87. The maximum Gasteiger partial charge on any atom is 0.309 e. The third-order valence-electron chi connectivity index (χ3n) is 2.16. The lowest BCUT2D eigenvalue weighted by Crippen LogP contribution is -2.05. The molecule has 0 aliphatic carbocycles. The fourth-order valence-corrected chi connectivity index (χ4v) is 1.33. The highest BCUT2D eigenvalue weighted by Crippen LogP contribution is 2.28. The standard InChI is InChI=1S/C13H16O4/c1-4-7-17-11-6-5-10(8-12(11)15-2)9-13(14)16-3/h4-6,8H,1,7,9H2,2-3H3. The van der Waals surface area contributed by atoms with E-state index in [4.69, 9.17) is 9.47 Å². The first-order valence-electron chi connectivity index (χ1n) is 5.18. The maximum absolute atomic E-state index is 11.1. The number of rotatable bonds is 6. The minimum atomic E-state index is -0.285. The molecule has 0 atom stereocenters. The van der Waals surface area contributed by atoms with Crippen molar-refractivity contribution in [2.24, 2.45) is 0 Å². The molecule has 0 fully saturated rings. The van der Waals surface area contributed by atoms with Crippen molar-refractivity contribution < 1.29 is 19.0 Å². The van der Waals surface area contributed by atoms with E-state index in [1.54, 1.807) is 31.4 Å². The van der Waals surface area contributed by atoms with Gasteiger partial charge in [-0.15, -0.1) is 0 Å². The van der Waals surface area contributed by atoms with Crippen LogP contribution in [0.15, 0.2) is 30.9 Å². The Hall–Kier alpha value is -1.97. The lowest BCUT2D eigenvalue weighted by Gasteiger charge is -2.10. The van der Waals surface area contributed by atoms with E-state index in [1.807, 2.05) is 0 Å². The molecule has 0 bridgehead atoms. The second-order valence-corrected chi connectivity index (χ2v) is 3.34. The molecule has 1 aromatic rings. The van der Waals surface area contributed by atoms with Gasteiger partial charge in [0.15, 0.2) is 11.5 Å². The molecule has 4 heteroatoms.